The van der Waals surface area contributed by atoms with Crippen molar-refractivity contribution in [1.29, 1.82) is 0 Å². The molecule has 0 fully saturated rings. The minimum Gasteiger partial charge on any atom is -0.316 e. The van der Waals surface area contributed by atoms with Gasteiger partial charge in [-0.3, -0.25) is 19.7 Å². The molecule has 4 N–H and O–H groups in total. The molecule has 144 valence electrons. The van der Waals surface area contributed by atoms with Gasteiger partial charge in [0.1, 0.15) is 6.16 Å². The molecule has 1 aromatic heterocycles. The quantitative estimate of drug-likeness (QED) is 0.161. The number of nitro benzene ring substituents is 1. The Balaban J connectivity index is 1.91. The van der Waals surface area contributed by atoms with Crippen LogP contribution in [0.2, 0.25) is 0 Å². The fourth-order valence-electron chi connectivity index (χ4n) is 2.67. The van der Waals surface area contributed by atoms with Crippen LogP contribution in [0.15, 0.2) is 57.0 Å². The number of nitro groups is 1. The number of fused-ring (bicyclic) bond motifs is 1. The third-order valence-corrected chi connectivity index (χ3v) is 5.26. The van der Waals surface area contributed by atoms with Crippen LogP contribution in [0.3, 0.4) is 0 Å². The molecule has 0 saturated heterocycles. The molecule has 0 bridgehead atoms. The molecular formula is C17H16N4O6P+. The Hall–Kier alpha value is -3.20. The van der Waals surface area contributed by atoms with Gasteiger partial charge in [0.05, 0.1) is 22.5 Å². The first-order chi connectivity index (χ1) is 13.2. The van der Waals surface area contributed by atoms with Crippen LogP contribution in [-0.2, 0) is 12.7 Å². The average molecular weight is 403 g/mol. The number of aromatic nitrogens is 2. The maximum atomic E-state index is 11.6. The first kappa shape index (κ1) is 19.6. The topological polar surface area (TPSA) is 162 Å². The largest absolute Gasteiger partial charge is 0.316 e. The van der Waals surface area contributed by atoms with E-state index in [0.717, 1.165) is 17.6 Å². The zero-order chi connectivity index (χ0) is 20.3. The first-order valence-corrected chi connectivity index (χ1v) is 10.0. The van der Waals surface area contributed by atoms with Gasteiger partial charge >= 0.3 is 18.8 Å². The van der Waals surface area contributed by atoms with Gasteiger partial charge in [-0.15, -0.1) is 0 Å². The summed E-state index contributed by atoms with van der Waals surface area (Å²) in [5.41, 5.74) is -0.859. The van der Waals surface area contributed by atoms with E-state index in [1.165, 1.54) is 6.07 Å². The monoisotopic (exact) mass is 403 g/mol. The molecule has 0 aliphatic heterocycles. The second-order valence-electron chi connectivity index (χ2n) is 6.08. The lowest BCUT2D eigenvalue weighted by atomic mass is 10.1. The minimum absolute atomic E-state index is 0.0111. The molecule has 0 atom stereocenters. The molecule has 0 unspecified atom stereocenters. The van der Waals surface area contributed by atoms with Crippen LogP contribution in [-0.4, -0.2) is 30.6 Å². The van der Waals surface area contributed by atoms with Crippen molar-refractivity contribution < 1.29 is 14.7 Å². The highest BCUT2D eigenvalue weighted by molar-refractivity contribution is 7.78. The lowest BCUT2D eigenvalue weighted by Gasteiger charge is -2.07. The molecular weight excluding hydrogens is 387 g/mol. The molecule has 1 heterocycles. The van der Waals surface area contributed by atoms with E-state index in [4.69, 9.17) is 0 Å². The molecule has 0 aliphatic carbocycles. The van der Waals surface area contributed by atoms with Gasteiger partial charge in [0.2, 0.25) is 5.96 Å². The summed E-state index contributed by atoms with van der Waals surface area (Å²) >= 11 is 0. The highest BCUT2D eigenvalue weighted by Crippen LogP contribution is 2.50. The van der Waals surface area contributed by atoms with E-state index in [9.17, 15) is 29.5 Å². The fourth-order valence-corrected chi connectivity index (χ4v) is 3.85. The molecule has 0 radical (unpaired) electrons. The van der Waals surface area contributed by atoms with E-state index in [0.29, 0.717) is 0 Å². The van der Waals surface area contributed by atoms with Crippen LogP contribution in [0.25, 0.3) is 11.0 Å². The van der Waals surface area contributed by atoms with Gasteiger partial charge in [-0.25, -0.2) is 14.8 Å². The van der Waals surface area contributed by atoms with Crippen molar-refractivity contribution in [2.75, 3.05) is 0 Å². The van der Waals surface area contributed by atoms with E-state index < -0.39 is 23.8 Å². The summed E-state index contributed by atoms with van der Waals surface area (Å²) in [4.78, 5) is 62.6. The molecule has 10 nitrogen and oxygen atoms in total. The van der Waals surface area contributed by atoms with Crippen LogP contribution in [0.5, 0.6) is 0 Å². The third kappa shape index (κ3) is 4.55. The Bertz CT molecular complexity index is 1170. The zero-order valence-electron chi connectivity index (χ0n) is 14.4. The molecule has 2 aromatic carbocycles. The summed E-state index contributed by atoms with van der Waals surface area (Å²) < 4.78 is 0. The lowest BCUT2D eigenvalue weighted by Crippen LogP contribution is -2.29. The number of benzene rings is 2. The van der Waals surface area contributed by atoms with E-state index >= 15 is 0 Å². The smallest absolute Gasteiger partial charge is 0.315 e. The van der Waals surface area contributed by atoms with E-state index in [1.54, 1.807) is 24.3 Å². The predicted molar refractivity (Wildman–Crippen MR) is 106 cm³/mol. The SMILES string of the molecule is O=c1[nH]c2cc([N+](=O)[O-])cc(CN=C[P+](O)(O)Cc3ccccc3)c2[nH]c1=O. The molecule has 3 rings (SSSR count). The number of hydrogen-bond acceptors (Lipinski definition) is 7. The van der Waals surface area contributed by atoms with Crippen molar-refractivity contribution in [1.82, 2.24) is 9.97 Å². The van der Waals surface area contributed by atoms with Crippen LogP contribution >= 0.6 is 7.72 Å². The number of rotatable bonds is 6. The standard InChI is InChI=1S/C17H15N4O6P/c22-16-17(23)20-15-12(6-13(21(24)25)7-14(15)19-16)8-18-10-28(26,27)9-11-4-2-1-3-5-11/h1-7,10,26-27H,8-9H2,(H-,19,20,22,23)/p+1. The molecule has 0 spiro atoms. The second kappa shape index (κ2) is 7.81. The second-order valence-corrected chi connectivity index (χ2v) is 8.20. The highest BCUT2D eigenvalue weighted by atomic mass is 31.2. The van der Waals surface area contributed by atoms with Gasteiger partial charge in [-0.05, 0) is 5.56 Å². The predicted octanol–water partition coefficient (Wildman–Crippen LogP) is 1.69. The van der Waals surface area contributed by atoms with E-state index in [2.05, 4.69) is 15.0 Å². The molecule has 11 heteroatoms. The van der Waals surface area contributed by atoms with Crippen molar-refractivity contribution in [3.63, 3.8) is 0 Å². The minimum atomic E-state index is -3.47. The maximum absolute atomic E-state index is 11.6. The van der Waals surface area contributed by atoms with Gasteiger partial charge in [-0.1, -0.05) is 30.3 Å². The number of H-pyrrole nitrogens is 2. The first-order valence-electron chi connectivity index (χ1n) is 8.07. The molecule has 0 amide bonds. The van der Waals surface area contributed by atoms with Crippen molar-refractivity contribution in [3.8, 4) is 0 Å². The fraction of sp³-hybridized carbons (Fsp3) is 0.118. The van der Waals surface area contributed by atoms with Gasteiger partial charge in [0.25, 0.3) is 5.69 Å². The van der Waals surface area contributed by atoms with Crippen molar-refractivity contribution in [2.24, 2.45) is 4.99 Å². The molecule has 0 saturated carbocycles. The third-order valence-electron chi connectivity index (χ3n) is 3.89. The van der Waals surface area contributed by atoms with E-state index in [1.807, 2.05) is 6.07 Å². The average Bonchev–Trinajstić information content (AvgIpc) is 2.63. The summed E-state index contributed by atoms with van der Waals surface area (Å²) in [7, 11) is -3.47. The Morgan fingerprint density at radius 1 is 1.11 bits per heavy atom. The normalized spacial score (nSPS) is 11.9. The van der Waals surface area contributed by atoms with Crippen LogP contribution in [0.1, 0.15) is 11.1 Å². The number of hydrogen-bond donors (Lipinski definition) is 4. The Morgan fingerprint density at radius 3 is 2.46 bits per heavy atom. The lowest BCUT2D eigenvalue weighted by molar-refractivity contribution is -0.384. The van der Waals surface area contributed by atoms with Gasteiger partial charge < -0.3 is 9.97 Å². The Morgan fingerprint density at radius 2 is 1.79 bits per heavy atom. The molecule has 0 aliphatic rings. The summed E-state index contributed by atoms with van der Waals surface area (Å²) in [6, 6.07) is 11.2. The Kier molecular flexibility index (Phi) is 5.46. The van der Waals surface area contributed by atoms with Crippen LogP contribution in [0.4, 0.5) is 5.69 Å². The summed E-state index contributed by atoms with van der Waals surface area (Å²) in [5.74, 6) is 1.04. The van der Waals surface area contributed by atoms with Crippen molar-refractivity contribution >= 4 is 30.4 Å². The number of nitrogens with one attached hydrogen (secondary N) is 2. The van der Waals surface area contributed by atoms with Crippen molar-refractivity contribution in [2.45, 2.75) is 12.7 Å². The number of non-ortho nitro benzene ring substituents is 1. The zero-order valence-corrected chi connectivity index (χ0v) is 15.3. The summed E-state index contributed by atoms with van der Waals surface area (Å²) in [6.45, 7) is -0.155. The van der Waals surface area contributed by atoms with Crippen LogP contribution < -0.4 is 11.1 Å². The van der Waals surface area contributed by atoms with Gasteiger partial charge in [0, 0.05) is 17.7 Å². The molecule has 3 aromatic rings. The summed E-state index contributed by atoms with van der Waals surface area (Å²) in [5, 5.41) is 11.1. The summed E-state index contributed by atoms with van der Waals surface area (Å²) in [6.07, 6.45) is 0.0111. The highest BCUT2D eigenvalue weighted by Gasteiger charge is 2.31. The van der Waals surface area contributed by atoms with Crippen molar-refractivity contribution in [3.05, 3.63) is 84.4 Å². The van der Waals surface area contributed by atoms with Gasteiger partial charge in [0.15, 0.2) is 0 Å². The maximum Gasteiger partial charge on any atom is 0.315 e. The number of aromatic amines is 2. The van der Waals surface area contributed by atoms with Crippen LogP contribution in [0, 0.1) is 10.1 Å². The van der Waals surface area contributed by atoms with Gasteiger partial charge in [-0.2, -0.15) is 0 Å². The number of aliphatic imine (C=N–C) groups is 1. The number of nitrogens with zero attached hydrogens (tertiary/aromatic N) is 2. The van der Waals surface area contributed by atoms with E-state index in [-0.39, 0.29) is 35.0 Å². The molecule has 28 heavy (non-hydrogen) atoms. The Labute approximate surface area is 157 Å².